The van der Waals surface area contributed by atoms with Gasteiger partial charge in [0, 0.05) is 45.8 Å². The summed E-state index contributed by atoms with van der Waals surface area (Å²) in [7, 11) is 3.51. The van der Waals surface area contributed by atoms with Crippen LogP contribution in [0.25, 0.3) is 0 Å². The number of nitrogens with zero attached hydrogens (tertiary/aromatic N) is 4. The number of ether oxygens (including phenoxy) is 1. The SMILES string of the molecule is CCCCOc1ccc(C(=O)N2CCN(Cc3nc(C)c(C(=O)N(C)C)s3)CC2)cc1. The number of unbranched alkanes of at least 4 members (excludes halogenated alkanes) is 1. The number of hydrogen-bond donors (Lipinski definition) is 0. The highest BCUT2D eigenvalue weighted by Gasteiger charge is 2.24. The molecule has 2 amide bonds. The van der Waals surface area contributed by atoms with Gasteiger partial charge in [0.25, 0.3) is 11.8 Å². The maximum atomic E-state index is 12.8. The minimum Gasteiger partial charge on any atom is -0.494 e. The largest absolute Gasteiger partial charge is 0.494 e. The fourth-order valence-electron chi connectivity index (χ4n) is 3.43. The number of aryl methyl sites for hydroxylation is 1. The van der Waals surface area contributed by atoms with Crippen LogP contribution in [0.5, 0.6) is 5.75 Å². The second kappa shape index (κ2) is 10.7. The van der Waals surface area contributed by atoms with E-state index in [1.165, 1.54) is 11.3 Å². The molecule has 1 aliphatic heterocycles. The number of carbonyl (C=O) groups is 2. The molecule has 2 heterocycles. The molecule has 0 spiro atoms. The van der Waals surface area contributed by atoms with Gasteiger partial charge in [-0.05, 0) is 37.6 Å². The van der Waals surface area contributed by atoms with Crippen molar-refractivity contribution in [2.45, 2.75) is 33.2 Å². The third kappa shape index (κ3) is 6.04. The molecule has 8 heteroatoms. The molecule has 0 atom stereocenters. The average molecular weight is 445 g/mol. The Morgan fingerprint density at radius 2 is 1.81 bits per heavy atom. The number of carbonyl (C=O) groups excluding carboxylic acids is 2. The highest BCUT2D eigenvalue weighted by molar-refractivity contribution is 7.13. The van der Waals surface area contributed by atoms with E-state index in [1.54, 1.807) is 19.0 Å². The summed E-state index contributed by atoms with van der Waals surface area (Å²) in [4.78, 5) is 36.1. The zero-order valence-corrected chi connectivity index (χ0v) is 19.7. The van der Waals surface area contributed by atoms with Crippen LogP contribution < -0.4 is 4.74 Å². The summed E-state index contributed by atoms with van der Waals surface area (Å²) in [6, 6.07) is 7.43. The molecule has 1 saturated heterocycles. The third-order valence-corrected chi connectivity index (χ3v) is 6.46. The van der Waals surface area contributed by atoms with Crippen LogP contribution in [0.3, 0.4) is 0 Å². The average Bonchev–Trinajstić information content (AvgIpc) is 3.13. The molecule has 0 bridgehead atoms. The first-order valence-electron chi connectivity index (χ1n) is 10.8. The van der Waals surface area contributed by atoms with Crippen molar-refractivity contribution in [1.82, 2.24) is 19.7 Å². The van der Waals surface area contributed by atoms with E-state index in [-0.39, 0.29) is 11.8 Å². The monoisotopic (exact) mass is 444 g/mol. The molecule has 0 radical (unpaired) electrons. The number of thiazole rings is 1. The first-order valence-corrected chi connectivity index (χ1v) is 11.6. The second-order valence-corrected chi connectivity index (χ2v) is 9.10. The van der Waals surface area contributed by atoms with Gasteiger partial charge >= 0.3 is 0 Å². The fourth-order valence-corrected chi connectivity index (χ4v) is 4.56. The lowest BCUT2D eigenvalue weighted by Gasteiger charge is -2.34. The predicted molar refractivity (Wildman–Crippen MR) is 123 cm³/mol. The molecule has 1 aromatic carbocycles. The van der Waals surface area contributed by atoms with Crippen molar-refractivity contribution >= 4 is 23.2 Å². The Morgan fingerprint density at radius 3 is 2.42 bits per heavy atom. The maximum Gasteiger partial charge on any atom is 0.265 e. The van der Waals surface area contributed by atoms with Crippen molar-refractivity contribution in [3.8, 4) is 5.75 Å². The molecule has 0 aliphatic carbocycles. The molecule has 0 saturated carbocycles. The van der Waals surface area contributed by atoms with Gasteiger partial charge < -0.3 is 14.5 Å². The number of piperazine rings is 1. The van der Waals surface area contributed by atoms with Crippen LogP contribution in [-0.2, 0) is 6.54 Å². The summed E-state index contributed by atoms with van der Waals surface area (Å²) < 4.78 is 5.67. The Bertz CT molecular complexity index is 887. The lowest BCUT2D eigenvalue weighted by molar-refractivity contribution is 0.0628. The van der Waals surface area contributed by atoms with Gasteiger partial charge in [0.05, 0.1) is 18.8 Å². The number of rotatable bonds is 8. The normalized spacial score (nSPS) is 14.5. The molecule has 3 rings (SSSR count). The van der Waals surface area contributed by atoms with E-state index in [1.807, 2.05) is 36.1 Å². The predicted octanol–water partition coefficient (Wildman–Crippen LogP) is 3.29. The summed E-state index contributed by atoms with van der Waals surface area (Å²) in [6.07, 6.45) is 2.12. The number of benzene rings is 1. The molecule has 1 aliphatic rings. The minimum absolute atomic E-state index is 0.00144. The van der Waals surface area contributed by atoms with Gasteiger partial charge in [-0.3, -0.25) is 14.5 Å². The van der Waals surface area contributed by atoms with E-state index >= 15 is 0 Å². The highest BCUT2D eigenvalue weighted by Crippen LogP contribution is 2.22. The van der Waals surface area contributed by atoms with Gasteiger partial charge in [-0.25, -0.2) is 4.98 Å². The molecule has 2 aromatic rings. The van der Waals surface area contributed by atoms with Gasteiger partial charge in [-0.2, -0.15) is 0 Å². The third-order valence-electron chi connectivity index (χ3n) is 5.33. The highest BCUT2D eigenvalue weighted by atomic mass is 32.1. The lowest BCUT2D eigenvalue weighted by Crippen LogP contribution is -2.48. The first-order chi connectivity index (χ1) is 14.9. The Balaban J connectivity index is 1.51. The topological polar surface area (TPSA) is 66.0 Å². The van der Waals surface area contributed by atoms with Crippen LogP contribution in [-0.4, -0.2) is 78.4 Å². The summed E-state index contributed by atoms with van der Waals surface area (Å²) in [5.41, 5.74) is 1.48. The van der Waals surface area contributed by atoms with Crippen LogP contribution in [0.2, 0.25) is 0 Å². The van der Waals surface area contributed by atoms with Crippen LogP contribution >= 0.6 is 11.3 Å². The smallest absolute Gasteiger partial charge is 0.265 e. The van der Waals surface area contributed by atoms with Gasteiger partial charge in [-0.1, -0.05) is 13.3 Å². The molecule has 0 N–H and O–H groups in total. The number of hydrogen-bond acceptors (Lipinski definition) is 6. The molecular formula is C23H32N4O3S. The van der Waals surface area contributed by atoms with Crippen LogP contribution in [0, 0.1) is 6.92 Å². The van der Waals surface area contributed by atoms with E-state index in [2.05, 4.69) is 16.8 Å². The molecule has 1 fully saturated rings. The quantitative estimate of drug-likeness (QED) is 0.585. The standard InChI is InChI=1S/C23H32N4O3S/c1-5-6-15-30-19-9-7-18(8-10-19)22(28)27-13-11-26(12-14-27)16-20-24-17(2)21(31-20)23(29)25(3)4/h7-10H,5-6,11-16H2,1-4H3. The Morgan fingerprint density at radius 1 is 1.13 bits per heavy atom. The van der Waals surface area contributed by atoms with Crippen molar-refractivity contribution in [3.63, 3.8) is 0 Å². The number of aromatic nitrogens is 1. The zero-order chi connectivity index (χ0) is 22.4. The second-order valence-electron chi connectivity index (χ2n) is 8.02. The Kier molecular flexibility index (Phi) is 8.03. The van der Waals surface area contributed by atoms with Gasteiger partial charge in [-0.15, -0.1) is 11.3 Å². The van der Waals surface area contributed by atoms with E-state index in [0.29, 0.717) is 36.7 Å². The van der Waals surface area contributed by atoms with E-state index < -0.39 is 0 Å². The minimum atomic E-state index is -0.00144. The van der Waals surface area contributed by atoms with E-state index in [9.17, 15) is 9.59 Å². The molecular weight excluding hydrogens is 412 g/mol. The van der Waals surface area contributed by atoms with Gasteiger partial charge in [0.2, 0.25) is 0 Å². The van der Waals surface area contributed by atoms with Crippen molar-refractivity contribution < 1.29 is 14.3 Å². The first kappa shape index (κ1) is 23.2. The molecule has 7 nitrogen and oxygen atoms in total. The summed E-state index contributed by atoms with van der Waals surface area (Å²) in [5, 5.41) is 0.945. The molecule has 0 unspecified atom stereocenters. The van der Waals surface area contributed by atoms with Crippen molar-refractivity contribution in [3.05, 3.63) is 45.4 Å². The summed E-state index contributed by atoms with van der Waals surface area (Å²) in [5.74, 6) is 0.864. The molecule has 1 aromatic heterocycles. The van der Waals surface area contributed by atoms with Crippen LogP contribution in [0.15, 0.2) is 24.3 Å². The van der Waals surface area contributed by atoms with Crippen LogP contribution in [0.1, 0.15) is 50.5 Å². The van der Waals surface area contributed by atoms with Gasteiger partial charge in [0.15, 0.2) is 0 Å². The molecule has 168 valence electrons. The van der Waals surface area contributed by atoms with Gasteiger partial charge in [0.1, 0.15) is 15.6 Å². The number of amides is 2. The lowest BCUT2D eigenvalue weighted by atomic mass is 10.1. The maximum absolute atomic E-state index is 12.8. The van der Waals surface area contributed by atoms with E-state index in [0.717, 1.165) is 42.4 Å². The molecule has 31 heavy (non-hydrogen) atoms. The summed E-state index contributed by atoms with van der Waals surface area (Å²) >= 11 is 1.47. The Labute approximate surface area is 188 Å². The van der Waals surface area contributed by atoms with Crippen molar-refractivity contribution in [2.24, 2.45) is 0 Å². The van der Waals surface area contributed by atoms with Crippen molar-refractivity contribution in [1.29, 1.82) is 0 Å². The fraction of sp³-hybridized carbons (Fsp3) is 0.522. The van der Waals surface area contributed by atoms with Crippen LogP contribution in [0.4, 0.5) is 0 Å². The zero-order valence-electron chi connectivity index (χ0n) is 18.9. The van der Waals surface area contributed by atoms with Crippen molar-refractivity contribution in [2.75, 3.05) is 46.9 Å². The van der Waals surface area contributed by atoms with E-state index in [4.69, 9.17) is 4.74 Å². The summed E-state index contributed by atoms with van der Waals surface area (Å²) in [6.45, 7) is 8.37. The Hall–Kier alpha value is -2.45.